The maximum Gasteiger partial charge on any atom is 0.536 e. The van der Waals surface area contributed by atoms with Gasteiger partial charge in [0.2, 0.25) is 6.23 Å². The van der Waals surface area contributed by atoms with Gasteiger partial charge in [-0.15, -0.1) is 5.11 Å². The van der Waals surface area contributed by atoms with E-state index in [9.17, 15) is 14.4 Å². The molecule has 2 heterocycles. The van der Waals surface area contributed by atoms with E-state index < -0.39 is 24.2 Å². The molecular weight excluding hydrogens is 266 g/mol. The Labute approximate surface area is 112 Å². The molecule has 8 nitrogen and oxygen atoms in total. The number of carbonyl (C=O) groups excluding carboxylic acids is 3. The van der Waals surface area contributed by atoms with Crippen LogP contribution in [0, 0.1) is 0 Å². The van der Waals surface area contributed by atoms with E-state index >= 15 is 0 Å². The molecule has 2 aliphatic rings. The number of hydrogen-bond acceptors (Lipinski definition) is 7. The van der Waals surface area contributed by atoms with Crippen LogP contribution in [0.4, 0.5) is 10.5 Å². The van der Waals surface area contributed by atoms with Crippen molar-refractivity contribution in [3.63, 3.8) is 0 Å². The highest BCUT2D eigenvalue weighted by molar-refractivity contribution is 6.01. The molecule has 1 atom stereocenters. The summed E-state index contributed by atoms with van der Waals surface area (Å²) < 4.78 is 4.93. The average molecular weight is 275 g/mol. The van der Waals surface area contributed by atoms with Crippen molar-refractivity contribution < 1.29 is 24.0 Å². The number of nitrogens with zero attached hydrogens (tertiary/aromatic N) is 3. The minimum atomic E-state index is -1.17. The van der Waals surface area contributed by atoms with E-state index in [1.165, 1.54) is 0 Å². The average Bonchev–Trinajstić information content (AvgIpc) is 2.98. The Morgan fingerprint density at radius 2 is 1.90 bits per heavy atom. The molecule has 0 spiro atoms. The largest absolute Gasteiger partial charge is 0.536 e. The van der Waals surface area contributed by atoms with Gasteiger partial charge in [0.05, 0.1) is 5.69 Å². The lowest BCUT2D eigenvalue weighted by molar-refractivity contribution is -0.178. The molecule has 2 amide bonds. The van der Waals surface area contributed by atoms with Gasteiger partial charge in [0.1, 0.15) is 0 Å². The van der Waals surface area contributed by atoms with Crippen molar-refractivity contribution in [2.45, 2.75) is 19.1 Å². The molecule has 2 aliphatic heterocycles. The summed E-state index contributed by atoms with van der Waals surface area (Å²) >= 11 is 0. The topological polar surface area (TPSA) is 97.6 Å². The minimum absolute atomic E-state index is 0.0259. The van der Waals surface area contributed by atoms with Crippen LogP contribution in [-0.4, -0.2) is 23.0 Å². The second-order valence-corrected chi connectivity index (χ2v) is 4.17. The number of hydrogen-bond donors (Lipinski definition) is 0. The van der Waals surface area contributed by atoms with Crippen LogP contribution < -0.4 is 0 Å². The quantitative estimate of drug-likeness (QED) is 0.607. The van der Waals surface area contributed by atoms with Gasteiger partial charge in [-0.05, 0) is 6.07 Å². The predicted molar refractivity (Wildman–Crippen MR) is 62.4 cm³/mol. The lowest BCUT2D eigenvalue weighted by Crippen LogP contribution is -2.32. The fourth-order valence-corrected chi connectivity index (χ4v) is 1.90. The number of carbonyl (C=O) groups is 3. The van der Waals surface area contributed by atoms with Gasteiger partial charge < -0.3 is 4.74 Å². The van der Waals surface area contributed by atoms with E-state index in [-0.39, 0.29) is 12.8 Å². The van der Waals surface area contributed by atoms with Crippen molar-refractivity contribution >= 4 is 23.7 Å². The molecule has 0 aliphatic carbocycles. The monoisotopic (exact) mass is 275 g/mol. The molecule has 0 N–H and O–H groups in total. The van der Waals surface area contributed by atoms with E-state index in [0.29, 0.717) is 16.3 Å². The highest BCUT2D eigenvalue weighted by Crippen LogP contribution is 2.36. The number of fused-ring (bicyclic) bond motifs is 1. The van der Waals surface area contributed by atoms with Gasteiger partial charge in [-0.1, -0.05) is 23.3 Å². The Balaban J connectivity index is 1.65. The third kappa shape index (κ3) is 2.11. The summed E-state index contributed by atoms with van der Waals surface area (Å²) in [5, 5.41) is 8.03. The molecule has 0 radical (unpaired) electrons. The van der Waals surface area contributed by atoms with Crippen molar-refractivity contribution in [3.05, 3.63) is 29.8 Å². The van der Waals surface area contributed by atoms with Crippen LogP contribution in [0.25, 0.3) is 0 Å². The van der Waals surface area contributed by atoms with E-state index in [1.54, 1.807) is 24.3 Å². The maximum atomic E-state index is 11.6. The van der Waals surface area contributed by atoms with E-state index in [2.05, 4.69) is 15.1 Å². The van der Waals surface area contributed by atoms with Gasteiger partial charge in [-0.3, -0.25) is 14.4 Å². The van der Waals surface area contributed by atoms with Crippen molar-refractivity contribution in [2.24, 2.45) is 10.2 Å². The normalized spacial score (nSPS) is 20.2. The first-order chi connectivity index (χ1) is 9.65. The molecule has 0 bridgehead atoms. The SMILES string of the molecule is O=C(OC1N=Nc2ccccc21)ON1C(=O)CCC1=O. The number of azo groups is 1. The lowest BCUT2D eigenvalue weighted by Gasteiger charge is -2.14. The van der Waals surface area contributed by atoms with Gasteiger partial charge in [0.25, 0.3) is 11.8 Å². The zero-order chi connectivity index (χ0) is 14.1. The Kier molecular flexibility index (Phi) is 2.90. The Bertz CT molecular complexity index is 611. The molecular formula is C12H9N3O5. The third-order valence-electron chi connectivity index (χ3n) is 2.85. The number of hydroxylamine groups is 2. The van der Waals surface area contributed by atoms with Crippen molar-refractivity contribution in [1.29, 1.82) is 0 Å². The molecule has 1 saturated heterocycles. The van der Waals surface area contributed by atoms with Crippen LogP contribution in [0.3, 0.4) is 0 Å². The molecule has 3 rings (SSSR count). The summed E-state index contributed by atoms with van der Waals surface area (Å²) in [4.78, 5) is 38.7. The van der Waals surface area contributed by atoms with Gasteiger partial charge in [-0.2, -0.15) is 5.11 Å². The number of rotatable bonds is 2. The molecule has 102 valence electrons. The standard InChI is InChI=1S/C12H9N3O5/c16-9-5-6-10(17)15(9)20-12(18)19-11-7-3-1-2-4-8(7)13-14-11/h1-4,11H,5-6H2. The zero-order valence-electron chi connectivity index (χ0n) is 10.2. The third-order valence-corrected chi connectivity index (χ3v) is 2.85. The minimum Gasteiger partial charge on any atom is -0.401 e. The van der Waals surface area contributed by atoms with Crippen LogP contribution in [-0.2, 0) is 19.2 Å². The van der Waals surface area contributed by atoms with Gasteiger partial charge in [0, 0.05) is 18.4 Å². The molecule has 1 fully saturated rings. The van der Waals surface area contributed by atoms with Crippen molar-refractivity contribution in [3.8, 4) is 0 Å². The molecule has 1 unspecified atom stereocenters. The molecule has 1 aromatic rings. The van der Waals surface area contributed by atoms with Crippen LogP contribution in [0.15, 0.2) is 34.5 Å². The fraction of sp³-hybridized carbons (Fsp3) is 0.250. The second-order valence-electron chi connectivity index (χ2n) is 4.17. The van der Waals surface area contributed by atoms with Crippen LogP contribution in [0.1, 0.15) is 24.6 Å². The Morgan fingerprint density at radius 3 is 2.65 bits per heavy atom. The fourth-order valence-electron chi connectivity index (χ4n) is 1.90. The zero-order valence-corrected chi connectivity index (χ0v) is 10.2. The van der Waals surface area contributed by atoms with E-state index in [1.807, 2.05) is 0 Å². The number of imide groups is 1. The van der Waals surface area contributed by atoms with E-state index in [0.717, 1.165) is 0 Å². The molecule has 20 heavy (non-hydrogen) atoms. The molecule has 0 saturated carbocycles. The van der Waals surface area contributed by atoms with Crippen LogP contribution >= 0.6 is 0 Å². The van der Waals surface area contributed by atoms with Gasteiger partial charge >= 0.3 is 6.16 Å². The first-order valence-electron chi connectivity index (χ1n) is 5.89. The summed E-state index contributed by atoms with van der Waals surface area (Å²) in [6.07, 6.45) is -2.04. The summed E-state index contributed by atoms with van der Waals surface area (Å²) in [5.41, 5.74) is 1.21. The molecule has 8 heteroatoms. The number of amides is 2. The van der Waals surface area contributed by atoms with Gasteiger partial charge in [0.15, 0.2) is 0 Å². The molecule has 1 aromatic carbocycles. The summed E-state index contributed by atoms with van der Waals surface area (Å²) in [7, 11) is 0. The first-order valence-corrected chi connectivity index (χ1v) is 5.89. The Hall–Kier alpha value is -2.77. The predicted octanol–water partition coefficient (Wildman–Crippen LogP) is 2.00. The number of ether oxygens (including phenoxy) is 1. The summed E-state index contributed by atoms with van der Waals surface area (Å²) in [6, 6.07) is 6.96. The first kappa shape index (κ1) is 12.3. The lowest BCUT2D eigenvalue weighted by atomic mass is 10.2. The number of benzene rings is 1. The van der Waals surface area contributed by atoms with Gasteiger partial charge in [-0.25, -0.2) is 4.79 Å². The van der Waals surface area contributed by atoms with Crippen molar-refractivity contribution in [1.82, 2.24) is 5.06 Å². The van der Waals surface area contributed by atoms with Crippen LogP contribution in [0.2, 0.25) is 0 Å². The Morgan fingerprint density at radius 1 is 1.20 bits per heavy atom. The highest BCUT2D eigenvalue weighted by Gasteiger charge is 2.34. The van der Waals surface area contributed by atoms with E-state index in [4.69, 9.17) is 4.74 Å². The maximum absolute atomic E-state index is 11.6. The highest BCUT2D eigenvalue weighted by atomic mass is 16.8. The van der Waals surface area contributed by atoms with Crippen LogP contribution in [0.5, 0.6) is 0 Å². The van der Waals surface area contributed by atoms with Crippen molar-refractivity contribution in [2.75, 3.05) is 0 Å². The summed E-state index contributed by atoms with van der Waals surface area (Å²) in [6.45, 7) is 0. The molecule has 0 aromatic heterocycles. The second kappa shape index (κ2) is 4.72. The summed E-state index contributed by atoms with van der Waals surface area (Å²) in [5.74, 6) is -1.14. The smallest absolute Gasteiger partial charge is 0.401 e.